The first-order valence-electron chi connectivity index (χ1n) is 7.20. The Kier molecular flexibility index (Phi) is 4.19. The molecule has 2 aromatic rings. The van der Waals surface area contributed by atoms with E-state index in [2.05, 4.69) is 4.99 Å². The van der Waals surface area contributed by atoms with Crippen LogP contribution in [0.25, 0.3) is 0 Å². The third-order valence-electron chi connectivity index (χ3n) is 3.63. The molecular weight excluding hydrogens is 278 g/mol. The first-order chi connectivity index (χ1) is 10.8. The Labute approximate surface area is 129 Å². The molecule has 1 aliphatic rings. The van der Waals surface area contributed by atoms with Crippen LogP contribution in [0.4, 0.5) is 0 Å². The third-order valence-corrected chi connectivity index (χ3v) is 3.63. The molecule has 1 aliphatic heterocycles. The zero-order chi connectivity index (χ0) is 15.4. The molecular formula is C18H17NO3. The van der Waals surface area contributed by atoms with Gasteiger partial charge in [-0.05, 0) is 17.7 Å². The monoisotopic (exact) mass is 295 g/mol. The van der Waals surface area contributed by atoms with E-state index in [0.29, 0.717) is 12.3 Å². The molecule has 2 atom stereocenters. The van der Waals surface area contributed by atoms with Crippen LogP contribution >= 0.6 is 0 Å². The summed E-state index contributed by atoms with van der Waals surface area (Å²) in [6.07, 6.45) is 0.269. The van der Waals surface area contributed by atoms with E-state index in [9.17, 15) is 4.79 Å². The maximum Gasteiger partial charge on any atom is 0.330 e. The molecule has 0 spiro atoms. The van der Waals surface area contributed by atoms with Gasteiger partial charge in [0.25, 0.3) is 0 Å². The number of methoxy groups -OCH3 is 1. The van der Waals surface area contributed by atoms with E-state index in [4.69, 9.17) is 9.47 Å². The molecule has 0 unspecified atom stereocenters. The van der Waals surface area contributed by atoms with Gasteiger partial charge >= 0.3 is 5.97 Å². The highest BCUT2D eigenvalue weighted by atomic mass is 16.5. The standard InChI is InChI=1S/C18H17NO3/c1-21-18(20)15-12-16(13-8-4-2-5-9-13)22-17(19-15)14-10-6-3-7-11-14/h2-11,15-16H,12H2,1H3/t15-,16+/m0/s1. The van der Waals surface area contributed by atoms with Gasteiger partial charge in [-0.1, -0.05) is 48.5 Å². The van der Waals surface area contributed by atoms with Crippen LogP contribution in [-0.4, -0.2) is 25.0 Å². The second-order valence-electron chi connectivity index (χ2n) is 5.09. The van der Waals surface area contributed by atoms with Crippen molar-refractivity contribution in [2.75, 3.05) is 7.11 Å². The number of carbonyl (C=O) groups is 1. The van der Waals surface area contributed by atoms with Crippen LogP contribution in [0.5, 0.6) is 0 Å². The maximum atomic E-state index is 11.9. The Hall–Kier alpha value is -2.62. The molecule has 0 saturated heterocycles. The fraction of sp³-hybridized carbons (Fsp3) is 0.222. The summed E-state index contributed by atoms with van der Waals surface area (Å²) in [5, 5.41) is 0. The molecule has 1 heterocycles. The van der Waals surface area contributed by atoms with E-state index in [1.54, 1.807) is 0 Å². The summed E-state index contributed by atoms with van der Waals surface area (Å²) in [7, 11) is 1.38. The van der Waals surface area contributed by atoms with Crippen molar-refractivity contribution in [2.24, 2.45) is 4.99 Å². The van der Waals surface area contributed by atoms with Gasteiger partial charge in [-0.25, -0.2) is 9.79 Å². The van der Waals surface area contributed by atoms with Gasteiger partial charge in [-0.2, -0.15) is 0 Å². The fourth-order valence-electron chi connectivity index (χ4n) is 2.49. The summed E-state index contributed by atoms with van der Waals surface area (Å²) in [6, 6.07) is 18.9. The highest BCUT2D eigenvalue weighted by molar-refractivity contribution is 5.96. The Morgan fingerprint density at radius 1 is 1.09 bits per heavy atom. The van der Waals surface area contributed by atoms with Gasteiger partial charge < -0.3 is 9.47 Å². The highest BCUT2D eigenvalue weighted by Gasteiger charge is 2.31. The zero-order valence-electron chi connectivity index (χ0n) is 12.3. The summed E-state index contributed by atoms with van der Waals surface area (Å²) in [6.45, 7) is 0. The van der Waals surface area contributed by atoms with Crippen LogP contribution in [0.1, 0.15) is 23.7 Å². The molecule has 4 nitrogen and oxygen atoms in total. The lowest BCUT2D eigenvalue weighted by Crippen LogP contribution is -2.31. The minimum Gasteiger partial charge on any atom is -0.469 e. The average Bonchev–Trinajstić information content (AvgIpc) is 2.62. The molecule has 0 fully saturated rings. The number of carbonyl (C=O) groups excluding carboxylic acids is 1. The summed E-state index contributed by atoms with van der Waals surface area (Å²) in [5.74, 6) is 0.147. The predicted octanol–water partition coefficient (Wildman–Crippen LogP) is 3.14. The lowest BCUT2D eigenvalue weighted by molar-refractivity contribution is -0.143. The molecule has 0 bridgehead atoms. The number of benzene rings is 2. The minimum atomic E-state index is -0.542. The fourth-order valence-corrected chi connectivity index (χ4v) is 2.49. The molecule has 112 valence electrons. The SMILES string of the molecule is COC(=O)[C@@H]1C[C@H](c2ccccc2)OC(c2ccccc2)=N1. The largest absolute Gasteiger partial charge is 0.469 e. The van der Waals surface area contributed by atoms with Crippen LogP contribution < -0.4 is 0 Å². The van der Waals surface area contributed by atoms with Crippen molar-refractivity contribution in [3.05, 3.63) is 71.8 Å². The molecule has 0 radical (unpaired) electrons. The highest BCUT2D eigenvalue weighted by Crippen LogP contribution is 2.30. The van der Waals surface area contributed by atoms with Crippen molar-refractivity contribution in [1.29, 1.82) is 0 Å². The topological polar surface area (TPSA) is 47.9 Å². The quantitative estimate of drug-likeness (QED) is 0.817. The minimum absolute atomic E-state index is 0.210. The lowest BCUT2D eigenvalue weighted by atomic mass is 10.0. The van der Waals surface area contributed by atoms with E-state index >= 15 is 0 Å². The second-order valence-corrected chi connectivity index (χ2v) is 5.09. The average molecular weight is 295 g/mol. The van der Waals surface area contributed by atoms with Crippen molar-refractivity contribution in [3.63, 3.8) is 0 Å². The van der Waals surface area contributed by atoms with Crippen molar-refractivity contribution < 1.29 is 14.3 Å². The molecule has 4 heteroatoms. The first-order valence-corrected chi connectivity index (χ1v) is 7.20. The van der Waals surface area contributed by atoms with E-state index < -0.39 is 6.04 Å². The van der Waals surface area contributed by atoms with Crippen LogP contribution in [0.2, 0.25) is 0 Å². The van der Waals surface area contributed by atoms with Crippen LogP contribution in [0, 0.1) is 0 Å². The van der Waals surface area contributed by atoms with Crippen LogP contribution in [0.15, 0.2) is 65.7 Å². The normalized spacial score (nSPS) is 20.7. The predicted molar refractivity (Wildman–Crippen MR) is 83.7 cm³/mol. The Balaban J connectivity index is 1.94. The number of esters is 1. The van der Waals surface area contributed by atoms with Gasteiger partial charge in [0.1, 0.15) is 6.10 Å². The molecule has 0 N–H and O–H groups in total. The Morgan fingerprint density at radius 3 is 2.36 bits per heavy atom. The van der Waals surface area contributed by atoms with E-state index in [-0.39, 0.29) is 12.1 Å². The summed E-state index contributed by atoms with van der Waals surface area (Å²) < 4.78 is 10.9. The number of rotatable bonds is 3. The van der Waals surface area contributed by atoms with E-state index in [0.717, 1.165) is 11.1 Å². The lowest BCUT2D eigenvalue weighted by Gasteiger charge is -2.28. The molecule has 0 amide bonds. The molecule has 0 saturated carbocycles. The van der Waals surface area contributed by atoms with E-state index in [1.807, 2.05) is 60.7 Å². The molecule has 3 rings (SSSR count). The third kappa shape index (κ3) is 3.01. The number of hydrogen-bond donors (Lipinski definition) is 0. The van der Waals surface area contributed by atoms with E-state index in [1.165, 1.54) is 7.11 Å². The summed E-state index contributed by atoms with van der Waals surface area (Å²) in [5.41, 5.74) is 1.89. The number of aliphatic imine (C=N–C) groups is 1. The van der Waals surface area contributed by atoms with Gasteiger partial charge in [0.15, 0.2) is 6.04 Å². The van der Waals surface area contributed by atoms with Crippen molar-refractivity contribution in [1.82, 2.24) is 0 Å². The smallest absolute Gasteiger partial charge is 0.330 e. The Morgan fingerprint density at radius 2 is 1.73 bits per heavy atom. The number of nitrogens with zero attached hydrogens (tertiary/aromatic N) is 1. The van der Waals surface area contributed by atoms with Gasteiger partial charge in [-0.3, -0.25) is 0 Å². The van der Waals surface area contributed by atoms with Crippen molar-refractivity contribution in [3.8, 4) is 0 Å². The molecule has 0 aromatic heterocycles. The van der Waals surface area contributed by atoms with Crippen molar-refractivity contribution >= 4 is 11.9 Å². The second kappa shape index (κ2) is 6.43. The van der Waals surface area contributed by atoms with Crippen molar-refractivity contribution in [2.45, 2.75) is 18.6 Å². The molecule has 2 aromatic carbocycles. The molecule has 0 aliphatic carbocycles. The molecule has 22 heavy (non-hydrogen) atoms. The maximum absolute atomic E-state index is 11.9. The van der Waals surface area contributed by atoms with Gasteiger partial charge in [0.2, 0.25) is 5.90 Å². The summed E-state index contributed by atoms with van der Waals surface area (Å²) in [4.78, 5) is 16.4. The Bertz CT molecular complexity index is 667. The van der Waals surface area contributed by atoms with Gasteiger partial charge in [-0.15, -0.1) is 0 Å². The zero-order valence-corrected chi connectivity index (χ0v) is 12.3. The van der Waals surface area contributed by atoms with Gasteiger partial charge in [0, 0.05) is 12.0 Å². The first kappa shape index (κ1) is 14.3. The summed E-state index contributed by atoms with van der Waals surface area (Å²) >= 11 is 0. The number of ether oxygens (including phenoxy) is 2. The number of hydrogen-bond acceptors (Lipinski definition) is 4. The van der Waals surface area contributed by atoms with Crippen LogP contribution in [-0.2, 0) is 14.3 Å². The van der Waals surface area contributed by atoms with Crippen LogP contribution in [0.3, 0.4) is 0 Å². The van der Waals surface area contributed by atoms with Gasteiger partial charge in [0.05, 0.1) is 7.11 Å².